The van der Waals surface area contributed by atoms with Crippen molar-refractivity contribution in [1.82, 2.24) is 0 Å². The molecule has 8 rings (SSSR count). The van der Waals surface area contributed by atoms with Crippen LogP contribution in [0.25, 0.3) is 43.9 Å². The van der Waals surface area contributed by atoms with E-state index in [2.05, 4.69) is 121 Å². The van der Waals surface area contributed by atoms with Crippen LogP contribution in [0.15, 0.2) is 148 Å². The number of furan rings is 2. The summed E-state index contributed by atoms with van der Waals surface area (Å²) < 4.78 is 12.3. The zero-order valence-electron chi connectivity index (χ0n) is 22.1. The molecule has 2 aromatic heterocycles. The SMILES string of the molecule is CC1C(N(c2ccccc2)c2ccc3oc4ccccc4c3c2)=CC=CC1c1ccc2oc3ccccc3c2c1. The maximum absolute atomic E-state index is 6.14. The van der Waals surface area contributed by atoms with Crippen LogP contribution in [0.4, 0.5) is 11.4 Å². The molecule has 1 aliphatic carbocycles. The van der Waals surface area contributed by atoms with Crippen LogP contribution < -0.4 is 4.90 Å². The van der Waals surface area contributed by atoms with Gasteiger partial charge in [0.15, 0.2) is 0 Å². The first-order valence-electron chi connectivity index (χ1n) is 13.8. The molecule has 2 heterocycles. The fourth-order valence-corrected chi connectivity index (χ4v) is 6.28. The van der Waals surface area contributed by atoms with Crippen LogP contribution >= 0.6 is 0 Å². The van der Waals surface area contributed by atoms with Gasteiger partial charge in [0.1, 0.15) is 22.3 Å². The molecule has 1 aliphatic rings. The molecule has 2 atom stereocenters. The summed E-state index contributed by atoms with van der Waals surface area (Å²) in [7, 11) is 0. The second-order valence-corrected chi connectivity index (χ2v) is 10.6. The molecule has 0 N–H and O–H groups in total. The van der Waals surface area contributed by atoms with Gasteiger partial charge in [-0.15, -0.1) is 0 Å². The van der Waals surface area contributed by atoms with E-state index in [4.69, 9.17) is 8.83 Å². The average molecular weight is 518 g/mol. The summed E-state index contributed by atoms with van der Waals surface area (Å²) >= 11 is 0. The van der Waals surface area contributed by atoms with E-state index >= 15 is 0 Å². The number of allylic oxidation sites excluding steroid dienone is 4. The van der Waals surface area contributed by atoms with Crippen LogP contribution in [0.5, 0.6) is 0 Å². The summed E-state index contributed by atoms with van der Waals surface area (Å²) in [6, 6.07) is 40.4. The first kappa shape index (κ1) is 22.9. The molecule has 0 spiro atoms. The second kappa shape index (κ2) is 9.03. The number of hydrogen-bond donors (Lipinski definition) is 0. The van der Waals surface area contributed by atoms with E-state index in [1.54, 1.807) is 0 Å². The Bertz CT molecular complexity index is 2090. The number of para-hydroxylation sites is 3. The number of anilines is 2. The zero-order chi connectivity index (χ0) is 26.6. The Morgan fingerprint density at radius 3 is 1.88 bits per heavy atom. The van der Waals surface area contributed by atoms with E-state index in [0.717, 1.165) is 49.9 Å². The van der Waals surface area contributed by atoms with Crippen molar-refractivity contribution >= 4 is 55.3 Å². The topological polar surface area (TPSA) is 29.5 Å². The van der Waals surface area contributed by atoms with Crippen LogP contribution in [0.3, 0.4) is 0 Å². The Morgan fingerprint density at radius 2 is 1.15 bits per heavy atom. The van der Waals surface area contributed by atoms with Gasteiger partial charge in [-0.25, -0.2) is 0 Å². The smallest absolute Gasteiger partial charge is 0.135 e. The number of rotatable bonds is 4. The third-order valence-electron chi connectivity index (χ3n) is 8.27. The Morgan fingerprint density at radius 1 is 0.550 bits per heavy atom. The molecule has 0 saturated heterocycles. The molecule has 192 valence electrons. The van der Waals surface area contributed by atoms with E-state index in [9.17, 15) is 0 Å². The number of benzene rings is 5. The van der Waals surface area contributed by atoms with Gasteiger partial charge in [0.2, 0.25) is 0 Å². The highest BCUT2D eigenvalue weighted by molar-refractivity contribution is 6.06. The standard InChI is InChI=1S/C37H27NO2/c1-24-28(25-18-20-36-31(22-25)29-12-5-7-16-34(29)39-36)14-9-15-33(24)38(26-10-3-2-4-11-26)27-19-21-37-32(23-27)30-13-6-8-17-35(30)40-37/h2-24,28H,1H3. The van der Waals surface area contributed by atoms with Crippen molar-refractivity contribution in [2.45, 2.75) is 12.8 Å². The van der Waals surface area contributed by atoms with Gasteiger partial charge in [-0.2, -0.15) is 0 Å². The highest BCUT2D eigenvalue weighted by Gasteiger charge is 2.29. The third kappa shape index (κ3) is 3.59. The predicted molar refractivity (Wildman–Crippen MR) is 165 cm³/mol. The lowest BCUT2D eigenvalue weighted by atomic mass is 9.81. The van der Waals surface area contributed by atoms with Crippen molar-refractivity contribution < 1.29 is 8.83 Å². The molecule has 2 unspecified atom stereocenters. The maximum atomic E-state index is 6.14. The quantitative estimate of drug-likeness (QED) is 0.233. The molecule has 0 amide bonds. The summed E-state index contributed by atoms with van der Waals surface area (Å²) in [5.41, 5.74) is 8.48. The fourth-order valence-electron chi connectivity index (χ4n) is 6.28. The van der Waals surface area contributed by atoms with E-state index in [1.807, 2.05) is 24.3 Å². The molecule has 0 saturated carbocycles. The normalized spacial score (nSPS) is 17.2. The monoisotopic (exact) mass is 517 g/mol. The molecular formula is C37H27NO2. The molecule has 7 aromatic rings. The maximum Gasteiger partial charge on any atom is 0.135 e. The van der Waals surface area contributed by atoms with Crippen molar-refractivity contribution in [1.29, 1.82) is 0 Å². The number of hydrogen-bond acceptors (Lipinski definition) is 3. The van der Waals surface area contributed by atoms with Crippen LogP contribution in [0.1, 0.15) is 18.4 Å². The van der Waals surface area contributed by atoms with E-state index < -0.39 is 0 Å². The summed E-state index contributed by atoms with van der Waals surface area (Å²) in [5, 5.41) is 4.59. The van der Waals surface area contributed by atoms with Crippen molar-refractivity contribution in [3.63, 3.8) is 0 Å². The van der Waals surface area contributed by atoms with Gasteiger partial charge in [-0.1, -0.05) is 79.7 Å². The van der Waals surface area contributed by atoms with E-state index in [1.165, 1.54) is 16.6 Å². The number of nitrogens with zero attached hydrogens (tertiary/aromatic N) is 1. The molecule has 40 heavy (non-hydrogen) atoms. The van der Waals surface area contributed by atoms with Crippen LogP contribution in [-0.2, 0) is 0 Å². The van der Waals surface area contributed by atoms with E-state index in [0.29, 0.717) is 0 Å². The molecule has 0 bridgehead atoms. The van der Waals surface area contributed by atoms with Gasteiger partial charge < -0.3 is 13.7 Å². The Kier molecular flexibility index (Phi) is 5.17. The Labute approximate surface area is 232 Å². The van der Waals surface area contributed by atoms with Crippen molar-refractivity contribution in [3.8, 4) is 0 Å². The zero-order valence-corrected chi connectivity index (χ0v) is 22.1. The van der Waals surface area contributed by atoms with Crippen molar-refractivity contribution in [2.75, 3.05) is 4.90 Å². The van der Waals surface area contributed by atoms with Crippen molar-refractivity contribution in [3.05, 3.63) is 145 Å². The van der Waals surface area contributed by atoms with Crippen LogP contribution in [0, 0.1) is 5.92 Å². The van der Waals surface area contributed by atoms with Gasteiger partial charge in [0.05, 0.1) is 0 Å². The first-order valence-corrected chi connectivity index (χ1v) is 13.8. The summed E-state index contributed by atoms with van der Waals surface area (Å²) in [4.78, 5) is 2.40. The van der Waals surface area contributed by atoms with Crippen LogP contribution in [0.2, 0.25) is 0 Å². The largest absolute Gasteiger partial charge is 0.456 e. The van der Waals surface area contributed by atoms with Gasteiger partial charge in [0, 0.05) is 50.5 Å². The lowest BCUT2D eigenvalue weighted by Crippen LogP contribution is -2.26. The molecule has 3 heteroatoms. The van der Waals surface area contributed by atoms with Gasteiger partial charge in [-0.3, -0.25) is 0 Å². The fraction of sp³-hybridized carbons (Fsp3) is 0.0811. The lowest BCUT2D eigenvalue weighted by molar-refractivity contribution is 0.588. The molecule has 5 aromatic carbocycles. The molecule has 0 aliphatic heterocycles. The summed E-state index contributed by atoms with van der Waals surface area (Å²) in [6.45, 7) is 2.33. The number of fused-ring (bicyclic) bond motifs is 6. The summed E-state index contributed by atoms with van der Waals surface area (Å²) in [5.74, 6) is 0.459. The van der Waals surface area contributed by atoms with Gasteiger partial charge >= 0.3 is 0 Å². The molecular weight excluding hydrogens is 490 g/mol. The third-order valence-corrected chi connectivity index (χ3v) is 8.27. The minimum absolute atomic E-state index is 0.225. The molecule has 0 fully saturated rings. The minimum Gasteiger partial charge on any atom is -0.456 e. The van der Waals surface area contributed by atoms with Crippen molar-refractivity contribution in [2.24, 2.45) is 5.92 Å². The average Bonchev–Trinajstić information content (AvgIpc) is 3.56. The minimum atomic E-state index is 0.225. The summed E-state index contributed by atoms with van der Waals surface area (Å²) in [6.07, 6.45) is 6.80. The Hall–Kier alpha value is -5.02. The predicted octanol–water partition coefficient (Wildman–Crippen LogP) is 10.5. The Balaban J connectivity index is 1.24. The second-order valence-electron chi connectivity index (χ2n) is 10.6. The molecule has 0 radical (unpaired) electrons. The van der Waals surface area contributed by atoms with Gasteiger partial charge in [-0.05, 0) is 66.2 Å². The highest BCUT2D eigenvalue weighted by atomic mass is 16.3. The highest BCUT2D eigenvalue weighted by Crippen LogP contribution is 2.43. The van der Waals surface area contributed by atoms with Crippen LogP contribution in [-0.4, -0.2) is 0 Å². The molecule has 3 nitrogen and oxygen atoms in total. The van der Waals surface area contributed by atoms with Gasteiger partial charge in [0.25, 0.3) is 0 Å². The van der Waals surface area contributed by atoms with E-state index in [-0.39, 0.29) is 11.8 Å². The lowest BCUT2D eigenvalue weighted by Gasteiger charge is -2.36. The first-order chi connectivity index (χ1) is 19.7.